The second-order valence-corrected chi connectivity index (χ2v) is 3.76. The van der Waals surface area contributed by atoms with Gasteiger partial charge in [-0.2, -0.15) is 5.10 Å². The Morgan fingerprint density at radius 2 is 1.88 bits per heavy atom. The van der Waals surface area contributed by atoms with Crippen LogP contribution in [0.25, 0.3) is 11.4 Å². The highest BCUT2D eigenvalue weighted by Gasteiger charge is 2.09. The highest BCUT2D eigenvalue weighted by atomic mass is 16.5. The van der Waals surface area contributed by atoms with Crippen LogP contribution in [0, 0.1) is 13.8 Å². The van der Waals surface area contributed by atoms with Crippen molar-refractivity contribution in [3.8, 4) is 17.1 Å². The lowest BCUT2D eigenvalue weighted by molar-refractivity contribution is 0.415. The maximum atomic E-state index is 5.93. The summed E-state index contributed by atoms with van der Waals surface area (Å²) >= 11 is 0. The lowest BCUT2D eigenvalue weighted by atomic mass is 10.1. The fourth-order valence-corrected chi connectivity index (χ4v) is 1.44. The van der Waals surface area contributed by atoms with Gasteiger partial charge in [0, 0.05) is 17.3 Å². The van der Waals surface area contributed by atoms with E-state index < -0.39 is 0 Å². The summed E-state index contributed by atoms with van der Waals surface area (Å²) in [5.41, 5.74) is 8.94. The quantitative estimate of drug-likeness (QED) is 0.795. The first-order chi connectivity index (χ1) is 8.11. The van der Waals surface area contributed by atoms with Crippen molar-refractivity contribution in [3.05, 3.63) is 29.6 Å². The zero-order chi connectivity index (χ0) is 12.4. The average molecular weight is 230 g/mol. The molecular formula is C12H14N4O. The topological polar surface area (TPSA) is 73.9 Å². The number of aromatic nitrogens is 3. The zero-order valence-corrected chi connectivity index (χ0v) is 10.1. The van der Waals surface area contributed by atoms with E-state index in [1.165, 1.54) is 0 Å². The second kappa shape index (κ2) is 4.37. The standard InChI is InChI=1S/C12H14N4O/c1-7-8(2)15-16-12(14-7)10-5-4-9(17-3)6-11(10)13/h4-6H,13H2,1-3H3. The van der Waals surface area contributed by atoms with Crippen molar-refractivity contribution in [3.63, 3.8) is 0 Å². The monoisotopic (exact) mass is 230 g/mol. The number of benzene rings is 1. The molecule has 0 atom stereocenters. The Hall–Kier alpha value is -2.17. The van der Waals surface area contributed by atoms with Crippen LogP contribution in [0.2, 0.25) is 0 Å². The molecule has 0 unspecified atom stereocenters. The molecule has 17 heavy (non-hydrogen) atoms. The van der Waals surface area contributed by atoms with Crippen LogP contribution in [0.1, 0.15) is 11.4 Å². The van der Waals surface area contributed by atoms with E-state index >= 15 is 0 Å². The molecule has 0 aliphatic heterocycles. The van der Waals surface area contributed by atoms with Crippen LogP contribution in [-0.2, 0) is 0 Å². The molecule has 2 N–H and O–H groups in total. The molecule has 1 aromatic carbocycles. The Balaban J connectivity index is 2.49. The van der Waals surface area contributed by atoms with Gasteiger partial charge in [0.15, 0.2) is 5.82 Å². The summed E-state index contributed by atoms with van der Waals surface area (Å²) in [6.07, 6.45) is 0. The van der Waals surface area contributed by atoms with Crippen LogP contribution in [-0.4, -0.2) is 22.3 Å². The van der Waals surface area contributed by atoms with Crippen LogP contribution in [0.3, 0.4) is 0 Å². The van der Waals surface area contributed by atoms with E-state index in [2.05, 4.69) is 15.2 Å². The Bertz CT molecular complexity index is 554. The van der Waals surface area contributed by atoms with Crippen molar-refractivity contribution in [1.82, 2.24) is 15.2 Å². The molecule has 1 heterocycles. The molecule has 5 nitrogen and oxygen atoms in total. The molecule has 1 aromatic heterocycles. The van der Waals surface area contributed by atoms with Gasteiger partial charge in [0.1, 0.15) is 5.75 Å². The summed E-state index contributed by atoms with van der Waals surface area (Å²) in [5.74, 6) is 1.25. The smallest absolute Gasteiger partial charge is 0.184 e. The van der Waals surface area contributed by atoms with E-state index in [1.54, 1.807) is 13.2 Å². The molecule has 0 aliphatic carbocycles. The Labute approximate surface area is 99.7 Å². The van der Waals surface area contributed by atoms with Gasteiger partial charge in [0.2, 0.25) is 0 Å². The minimum atomic E-state index is 0.535. The zero-order valence-electron chi connectivity index (χ0n) is 10.1. The van der Waals surface area contributed by atoms with E-state index in [4.69, 9.17) is 10.5 Å². The minimum Gasteiger partial charge on any atom is -0.497 e. The van der Waals surface area contributed by atoms with Gasteiger partial charge in [-0.05, 0) is 26.0 Å². The predicted molar refractivity (Wildman–Crippen MR) is 65.7 cm³/mol. The van der Waals surface area contributed by atoms with Crippen LogP contribution in [0.4, 0.5) is 5.69 Å². The number of rotatable bonds is 2. The lowest BCUT2D eigenvalue weighted by Gasteiger charge is -2.07. The summed E-state index contributed by atoms with van der Waals surface area (Å²) in [4.78, 5) is 4.36. The van der Waals surface area contributed by atoms with E-state index in [0.29, 0.717) is 17.3 Å². The van der Waals surface area contributed by atoms with Crippen molar-refractivity contribution >= 4 is 5.69 Å². The van der Waals surface area contributed by atoms with Crippen molar-refractivity contribution in [2.45, 2.75) is 13.8 Å². The number of ether oxygens (including phenoxy) is 1. The number of anilines is 1. The molecule has 0 bridgehead atoms. The highest BCUT2D eigenvalue weighted by molar-refractivity contribution is 5.72. The van der Waals surface area contributed by atoms with Crippen molar-refractivity contribution in [1.29, 1.82) is 0 Å². The SMILES string of the molecule is COc1ccc(-c2nnc(C)c(C)n2)c(N)c1. The van der Waals surface area contributed by atoms with Gasteiger partial charge in [-0.15, -0.1) is 5.10 Å². The molecule has 0 radical (unpaired) electrons. The molecule has 0 amide bonds. The minimum absolute atomic E-state index is 0.535. The van der Waals surface area contributed by atoms with E-state index in [9.17, 15) is 0 Å². The van der Waals surface area contributed by atoms with Gasteiger partial charge in [-0.25, -0.2) is 4.98 Å². The largest absolute Gasteiger partial charge is 0.497 e. The van der Waals surface area contributed by atoms with Gasteiger partial charge < -0.3 is 10.5 Å². The molecule has 88 valence electrons. The number of nitrogens with two attached hydrogens (primary N) is 1. The first kappa shape index (κ1) is 11.3. The van der Waals surface area contributed by atoms with Crippen LogP contribution in [0.15, 0.2) is 18.2 Å². The molecule has 0 saturated carbocycles. The number of hydrogen-bond donors (Lipinski definition) is 1. The van der Waals surface area contributed by atoms with Crippen LogP contribution in [0.5, 0.6) is 5.75 Å². The van der Waals surface area contributed by atoms with Gasteiger partial charge >= 0.3 is 0 Å². The number of nitrogen functional groups attached to an aromatic ring is 1. The summed E-state index contributed by atoms with van der Waals surface area (Å²) in [6, 6.07) is 5.40. The second-order valence-electron chi connectivity index (χ2n) is 3.76. The first-order valence-electron chi connectivity index (χ1n) is 5.23. The molecule has 0 aliphatic rings. The summed E-state index contributed by atoms with van der Waals surface area (Å²) in [5, 5.41) is 8.08. The summed E-state index contributed by atoms with van der Waals surface area (Å²) in [7, 11) is 1.60. The fraction of sp³-hybridized carbons (Fsp3) is 0.250. The Morgan fingerprint density at radius 1 is 1.12 bits per heavy atom. The molecule has 0 saturated heterocycles. The fourth-order valence-electron chi connectivity index (χ4n) is 1.44. The number of hydrogen-bond acceptors (Lipinski definition) is 5. The lowest BCUT2D eigenvalue weighted by Crippen LogP contribution is -2.01. The molecular weight excluding hydrogens is 216 g/mol. The maximum absolute atomic E-state index is 5.93. The van der Waals surface area contributed by atoms with E-state index in [1.807, 2.05) is 26.0 Å². The summed E-state index contributed by atoms with van der Waals surface area (Å²) in [6.45, 7) is 3.77. The van der Waals surface area contributed by atoms with Gasteiger partial charge in [0.05, 0.1) is 18.5 Å². The molecule has 0 fully saturated rings. The first-order valence-corrected chi connectivity index (χ1v) is 5.23. The summed E-state index contributed by atoms with van der Waals surface area (Å²) < 4.78 is 5.09. The molecule has 5 heteroatoms. The Morgan fingerprint density at radius 3 is 2.47 bits per heavy atom. The molecule has 0 spiro atoms. The van der Waals surface area contributed by atoms with Crippen molar-refractivity contribution in [2.24, 2.45) is 0 Å². The average Bonchev–Trinajstić information content (AvgIpc) is 2.32. The molecule has 2 aromatic rings. The predicted octanol–water partition coefficient (Wildman–Crippen LogP) is 1.75. The van der Waals surface area contributed by atoms with E-state index in [-0.39, 0.29) is 0 Å². The van der Waals surface area contributed by atoms with Crippen LogP contribution < -0.4 is 10.5 Å². The molecule has 2 rings (SSSR count). The van der Waals surface area contributed by atoms with E-state index in [0.717, 1.165) is 17.0 Å². The number of aryl methyl sites for hydroxylation is 2. The van der Waals surface area contributed by atoms with Crippen molar-refractivity contribution < 1.29 is 4.74 Å². The third kappa shape index (κ3) is 2.18. The normalized spacial score (nSPS) is 10.3. The third-order valence-corrected chi connectivity index (χ3v) is 2.59. The number of methoxy groups -OCH3 is 1. The maximum Gasteiger partial charge on any atom is 0.184 e. The van der Waals surface area contributed by atoms with Crippen molar-refractivity contribution in [2.75, 3.05) is 12.8 Å². The van der Waals surface area contributed by atoms with Gasteiger partial charge in [0.25, 0.3) is 0 Å². The van der Waals surface area contributed by atoms with Gasteiger partial charge in [-0.3, -0.25) is 0 Å². The van der Waals surface area contributed by atoms with Gasteiger partial charge in [-0.1, -0.05) is 0 Å². The third-order valence-electron chi connectivity index (χ3n) is 2.59. The number of nitrogens with zero attached hydrogens (tertiary/aromatic N) is 3. The highest BCUT2D eigenvalue weighted by Crippen LogP contribution is 2.26. The Kier molecular flexibility index (Phi) is 2.91. The van der Waals surface area contributed by atoms with Crippen LogP contribution >= 0.6 is 0 Å².